The molecule has 1 heterocycles. The molecule has 0 unspecified atom stereocenters. The number of carbonyl (C=O) groups excluding carboxylic acids is 1. The van der Waals surface area contributed by atoms with E-state index in [1.807, 2.05) is 32.9 Å². The lowest BCUT2D eigenvalue weighted by molar-refractivity contribution is 0.0988. The summed E-state index contributed by atoms with van der Waals surface area (Å²) in [5, 5.41) is 0. The maximum absolute atomic E-state index is 12.2. The van der Waals surface area contributed by atoms with Gasteiger partial charge in [-0.2, -0.15) is 0 Å². The topological polar surface area (TPSA) is 30.0 Å². The van der Waals surface area contributed by atoms with E-state index < -0.39 is 0 Å². The van der Waals surface area contributed by atoms with Crippen molar-refractivity contribution in [2.45, 2.75) is 27.2 Å². The Morgan fingerprint density at radius 2 is 1.78 bits per heavy atom. The van der Waals surface area contributed by atoms with Crippen molar-refractivity contribution in [3.05, 3.63) is 64.5 Å². The Hall–Kier alpha value is -1.96. The van der Waals surface area contributed by atoms with E-state index in [4.69, 9.17) is 0 Å². The molecular weight excluding hydrogens is 222 g/mol. The highest BCUT2D eigenvalue weighted by molar-refractivity contribution is 5.96. The van der Waals surface area contributed by atoms with E-state index in [1.54, 1.807) is 6.20 Å². The molecule has 0 aliphatic carbocycles. The molecule has 2 rings (SSSR count). The van der Waals surface area contributed by atoms with Crippen molar-refractivity contribution in [3.8, 4) is 0 Å². The summed E-state index contributed by atoms with van der Waals surface area (Å²) in [6, 6.07) is 9.93. The van der Waals surface area contributed by atoms with Gasteiger partial charge in [-0.1, -0.05) is 23.8 Å². The molecule has 18 heavy (non-hydrogen) atoms. The molecule has 1 aromatic heterocycles. The van der Waals surface area contributed by atoms with Crippen LogP contribution in [-0.4, -0.2) is 10.8 Å². The smallest absolute Gasteiger partial charge is 0.185 e. The number of Topliss-reactive ketones (excluding diaryl/α,β-unsaturated/α-hetero) is 1. The summed E-state index contributed by atoms with van der Waals surface area (Å²) in [5.74, 6) is 0.0763. The van der Waals surface area contributed by atoms with Crippen LogP contribution in [0.4, 0.5) is 0 Å². The number of hydrogen-bond donors (Lipinski definition) is 0. The average molecular weight is 239 g/mol. The predicted molar refractivity (Wildman–Crippen MR) is 72.9 cm³/mol. The summed E-state index contributed by atoms with van der Waals surface area (Å²) in [6.45, 7) is 6.04. The number of carbonyl (C=O) groups is 1. The minimum Gasteiger partial charge on any atom is -0.292 e. The van der Waals surface area contributed by atoms with E-state index in [0.29, 0.717) is 12.1 Å². The molecule has 0 N–H and O–H groups in total. The van der Waals surface area contributed by atoms with E-state index in [-0.39, 0.29) is 5.78 Å². The third kappa shape index (κ3) is 2.83. The largest absolute Gasteiger partial charge is 0.292 e. The normalized spacial score (nSPS) is 10.4. The predicted octanol–water partition coefficient (Wildman–Crippen LogP) is 3.43. The standard InChI is InChI=1S/C16H17NO/c1-11-4-5-13(3)14(8-11)10-16(18)15-9-12(2)6-7-17-15/h4-9H,10H2,1-3H3. The van der Waals surface area contributed by atoms with Crippen molar-refractivity contribution in [1.82, 2.24) is 4.98 Å². The average Bonchev–Trinajstić information content (AvgIpc) is 2.34. The Labute approximate surface area is 108 Å². The van der Waals surface area contributed by atoms with Gasteiger partial charge in [0.2, 0.25) is 0 Å². The third-order valence-electron chi connectivity index (χ3n) is 3.06. The number of nitrogens with zero attached hydrogens (tertiary/aromatic N) is 1. The van der Waals surface area contributed by atoms with Crippen molar-refractivity contribution in [1.29, 1.82) is 0 Å². The number of aryl methyl sites for hydroxylation is 3. The zero-order valence-corrected chi connectivity index (χ0v) is 11.0. The molecule has 0 saturated heterocycles. The maximum atomic E-state index is 12.2. The molecule has 2 heteroatoms. The van der Waals surface area contributed by atoms with Crippen molar-refractivity contribution in [2.75, 3.05) is 0 Å². The van der Waals surface area contributed by atoms with Gasteiger partial charge < -0.3 is 0 Å². The van der Waals surface area contributed by atoms with Gasteiger partial charge in [0, 0.05) is 12.6 Å². The summed E-state index contributed by atoms with van der Waals surface area (Å²) in [4.78, 5) is 16.3. The van der Waals surface area contributed by atoms with Crippen molar-refractivity contribution < 1.29 is 4.79 Å². The lowest BCUT2D eigenvalue weighted by Crippen LogP contribution is -2.07. The molecule has 0 atom stereocenters. The first-order valence-electron chi connectivity index (χ1n) is 6.08. The SMILES string of the molecule is Cc1ccnc(C(=O)Cc2cc(C)ccc2C)c1. The quantitative estimate of drug-likeness (QED) is 0.768. The van der Waals surface area contributed by atoms with Gasteiger partial charge in [0.05, 0.1) is 0 Å². The van der Waals surface area contributed by atoms with Crippen molar-refractivity contribution >= 4 is 5.78 Å². The Balaban J connectivity index is 2.24. The fourth-order valence-corrected chi connectivity index (χ4v) is 1.94. The molecule has 1 aromatic carbocycles. The number of pyridine rings is 1. The zero-order valence-electron chi connectivity index (χ0n) is 11.0. The first kappa shape index (κ1) is 12.5. The van der Waals surface area contributed by atoms with Crippen LogP contribution in [0.1, 0.15) is 32.7 Å². The van der Waals surface area contributed by atoms with Crippen LogP contribution in [0.3, 0.4) is 0 Å². The summed E-state index contributed by atoms with van der Waals surface area (Å²) in [6.07, 6.45) is 2.11. The number of ketones is 1. The zero-order chi connectivity index (χ0) is 13.1. The minimum atomic E-state index is 0.0763. The fourth-order valence-electron chi connectivity index (χ4n) is 1.94. The highest BCUT2D eigenvalue weighted by Gasteiger charge is 2.10. The van der Waals surface area contributed by atoms with Crippen LogP contribution in [0.15, 0.2) is 36.5 Å². The number of benzene rings is 1. The molecule has 0 saturated carbocycles. The van der Waals surface area contributed by atoms with Crippen LogP contribution >= 0.6 is 0 Å². The first-order chi connectivity index (χ1) is 8.56. The van der Waals surface area contributed by atoms with Gasteiger partial charge in [-0.05, 0) is 49.6 Å². The Morgan fingerprint density at radius 1 is 1.06 bits per heavy atom. The molecule has 2 aromatic rings. The number of hydrogen-bond acceptors (Lipinski definition) is 2. The van der Waals surface area contributed by atoms with E-state index in [0.717, 1.165) is 16.7 Å². The summed E-state index contributed by atoms with van der Waals surface area (Å²) < 4.78 is 0. The lowest BCUT2D eigenvalue weighted by Gasteiger charge is -2.06. The highest BCUT2D eigenvalue weighted by atomic mass is 16.1. The van der Waals surface area contributed by atoms with Crippen LogP contribution in [0, 0.1) is 20.8 Å². The minimum absolute atomic E-state index is 0.0763. The Bertz CT molecular complexity index is 587. The van der Waals surface area contributed by atoms with E-state index in [2.05, 4.69) is 23.2 Å². The summed E-state index contributed by atoms with van der Waals surface area (Å²) >= 11 is 0. The molecule has 0 fully saturated rings. The molecule has 0 bridgehead atoms. The van der Waals surface area contributed by atoms with Crippen LogP contribution in [0.25, 0.3) is 0 Å². The molecule has 0 radical (unpaired) electrons. The molecule has 0 amide bonds. The highest BCUT2D eigenvalue weighted by Crippen LogP contribution is 2.13. The number of rotatable bonds is 3. The van der Waals surface area contributed by atoms with Gasteiger partial charge in [0.15, 0.2) is 5.78 Å². The van der Waals surface area contributed by atoms with Crippen LogP contribution in [-0.2, 0) is 6.42 Å². The van der Waals surface area contributed by atoms with Crippen molar-refractivity contribution in [3.63, 3.8) is 0 Å². The monoisotopic (exact) mass is 239 g/mol. The van der Waals surface area contributed by atoms with Gasteiger partial charge in [-0.15, -0.1) is 0 Å². The van der Waals surface area contributed by atoms with Crippen LogP contribution < -0.4 is 0 Å². The van der Waals surface area contributed by atoms with Crippen molar-refractivity contribution in [2.24, 2.45) is 0 Å². The second kappa shape index (κ2) is 5.13. The summed E-state index contributed by atoms with van der Waals surface area (Å²) in [7, 11) is 0. The Morgan fingerprint density at radius 3 is 2.50 bits per heavy atom. The fraction of sp³-hybridized carbons (Fsp3) is 0.250. The van der Waals surface area contributed by atoms with Gasteiger partial charge in [0.25, 0.3) is 0 Å². The lowest BCUT2D eigenvalue weighted by atomic mass is 9.99. The van der Waals surface area contributed by atoms with E-state index in [1.165, 1.54) is 5.56 Å². The van der Waals surface area contributed by atoms with Crippen LogP contribution in [0.5, 0.6) is 0 Å². The van der Waals surface area contributed by atoms with Crippen LogP contribution in [0.2, 0.25) is 0 Å². The molecule has 0 spiro atoms. The molecule has 0 aliphatic rings. The van der Waals surface area contributed by atoms with E-state index in [9.17, 15) is 4.79 Å². The molecule has 0 aliphatic heterocycles. The molecular formula is C16H17NO. The Kier molecular flexibility index (Phi) is 3.56. The molecule has 92 valence electrons. The third-order valence-corrected chi connectivity index (χ3v) is 3.06. The van der Waals surface area contributed by atoms with Gasteiger partial charge >= 0.3 is 0 Å². The maximum Gasteiger partial charge on any atom is 0.185 e. The first-order valence-corrected chi connectivity index (χ1v) is 6.08. The van der Waals surface area contributed by atoms with Gasteiger partial charge in [-0.3, -0.25) is 9.78 Å². The number of aromatic nitrogens is 1. The molecule has 2 nitrogen and oxygen atoms in total. The van der Waals surface area contributed by atoms with E-state index >= 15 is 0 Å². The van der Waals surface area contributed by atoms with Gasteiger partial charge in [-0.25, -0.2) is 0 Å². The second-order valence-corrected chi connectivity index (χ2v) is 4.75. The van der Waals surface area contributed by atoms with Gasteiger partial charge in [0.1, 0.15) is 5.69 Å². The summed E-state index contributed by atoms with van der Waals surface area (Å²) in [5.41, 5.74) is 5.04. The second-order valence-electron chi connectivity index (χ2n) is 4.75.